The number of halogens is 1. The van der Waals surface area contributed by atoms with Crippen molar-refractivity contribution in [2.24, 2.45) is 5.73 Å². The smallest absolute Gasteiger partial charge is 0.0314 e. The summed E-state index contributed by atoms with van der Waals surface area (Å²) in [6, 6.07) is 2.21. The second-order valence-corrected chi connectivity index (χ2v) is 5.17. The van der Waals surface area contributed by atoms with E-state index in [2.05, 4.69) is 35.8 Å². The molecule has 0 aliphatic heterocycles. The Balaban J connectivity index is 2.74. The number of nitrogens with two attached hydrogens (primary N) is 1. The highest BCUT2D eigenvalue weighted by atomic mass is 79.9. The Morgan fingerprint density at radius 1 is 1.67 bits per heavy atom. The summed E-state index contributed by atoms with van der Waals surface area (Å²) < 4.78 is 1.23. The van der Waals surface area contributed by atoms with E-state index in [4.69, 9.17) is 5.73 Å². The van der Waals surface area contributed by atoms with Crippen LogP contribution in [0.3, 0.4) is 0 Å². The highest BCUT2D eigenvalue weighted by Crippen LogP contribution is 2.32. The van der Waals surface area contributed by atoms with E-state index in [-0.39, 0.29) is 0 Å². The quantitative estimate of drug-likeness (QED) is 0.872. The molecular formula is C9H14BrNS. The lowest BCUT2D eigenvalue weighted by Crippen LogP contribution is -2.03. The average molecular weight is 248 g/mol. The van der Waals surface area contributed by atoms with Gasteiger partial charge in [-0.25, -0.2) is 0 Å². The molecule has 1 atom stereocenters. The third-order valence-corrected chi connectivity index (χ3v) is 4.33. The van der Waals surface area contributed by atoms with Gasteiger partial charge < -0.3 is 5.73 Å². The molecule has 1 unspecified atom stereocenters. The van der Waals surface area contributed by atoms with Gasteiger partial charge in [0.05, 0.1) is 0 Å². The molecule has 0 spiro atoms. The topological polar surface area (TPSA) is 26.0 Å². The summed E-state index contributed by atoms with van der Waals surface area (Å²) in [4.78, 5) is 2.79. The second-order valence-electron chi connectivity index (χ2n) is 3.03. The molecule has 1 aromatic heterocycles. The lowest BCUT2D eigenvalue weighted by atomic mass is 10.1. The van der Waals surface area contributed by atoms with Gasteiger partial charge >= 0.3 is 0 Å². The van der Waals surface area contributed by atoms with Crippen LogP contribution in [0.2, 0.25) is 0 Å². The van der Waals surface area contributed by atoms with E-state index >= 15 is 0 Å². The maximum Gasteiger partial charge on any atom is 0.0314 e. The molecule has 1 aromatic rings. The van der Waals surface area contributed by atoms with Gasteiger partial charge in [0.15, 0.2) is 0 Å². The third kappa shape index (κ3) is 2.31. The van der Waals surface area contributed by atoms with E-state index in [1.54, 1.807) is 0 Å². The summed E-state index contributed by atoms with van der Waals surface area (Å²) in [5, 5.41) is 0. The van der Waals surface area contributed by atoms with E-state index in [0.29, 0.717) is 5.92 Å². The first kappa shape index (κ1) is 10.2. The van der Waals surface area contributed by atoms with Gasteiger partial charge in [0.2, 0.25) is 0 Å². The molecule has 12 heavy (non-hydrogen) atoms. The zero-order chi connectivity index (χ0) is 9.14. The van der Waals surface area contributed by atoms with Gasteiger partial charge in [-0.2, -0.15) is 0 Å². The van der Waals surface area contributed by atoms with Gasteiger partial charge in [-0.15, -0.1) is 11.3 Å². The summed E-state index contributed by atoms with van der Waals surface area (Å²) in [6.45, 7) is 5.13. The van der Waals surface area contributed by atoms with Crippen LogP contribution in [0.1, 0.15) is 29.0 Å². The average Bonchev–Trinajstić information content (AvgIpc) is 2.33. The van der Waals surface area contributed by atoms with Crippen LogP contribution < -0.4 is 5.73 Å². The fourth-order valence-electron chi connectivity index (χ4n) is 1.12. The van der Waals surface area contributed by atoms with Crippen LogP contribution in [-0.4, -0.2) is 6.54 Å². The van der Waals surface area contributed by atoms with E-state index in [0.717, 1.165) is 13.0 Å². The van der Waals surface area contributed by atoms with Crippen molar-refractivity contribution in [1.82, 2.24) is 0 Å². The van der Waals surface area contributed by atoms with Gasteiger partial charge in [0, 0.05) is 14.2 Å². The first-order valence-corrected chi connectivity index (χ1v) is 5.72. The number of thiophene rings is 1. The molecule has 2 N–H and O–H groups in total. The molecule has 0 radical (unpaired) electrons. The predicted molar refractivity (Wildman–Crippen MR) is 58.8 cm³/mol. The van der Waals surface area contributed by atoms with Gasteiger partial charge in [-0.05, 0) is 47.8 Å². The van der Waals surface area contributed by atoms with Gasteiger partial charge in [0.1, 0.15) is 0 Å². The van der Waals surface area contributed by atoms with Crippen molar-refractivity contribution in [1.29, 1.82) is 0 Å². The van der Waals surface area contributed by atoms with Crippen LogP contribution in [0.15, 0.2) is 10.5 Å². The minimum absolute atomic E-state index is 0.602. The minimum atomic E-state index is 0.602. The summed E-state index contributed by atoms with van der Waals surface area (Å²) in [5.41, 5.74) is 5.50. The third-order valence-electron chi connectivity index (χ3n) is 1.96. The van der Waals surface area contributed by atoms with Crippen molar-refractivity contribution >= 4 is 27.3 Å². The van der Waals surface area contributed by atoms with Crippen molar-refractivity contribution in [3.05, 3.63) is 20.3 Å². The lowest BCUT2D eigenvalue weighted by Gasteiger charge is -2.05. The summed E-state index contributed by atoms with van der Waals surface area (Å²) >= 11 is 5.37. The van der Waals surface area contributed by atoms with E-state index in [1.165, 1.54) is 14.2 Å². The Hall–Kier alpha value is 0.140. The zero-order valence-electron chi connectivity index (χ0n) is 7.43. The van der Waals surface area contributed by atoms with Crippen LogP contribution in [0, 0.1) is 6.92 Å². The second kappa shape index (κ2) is 4.40. The van der Waals surface area contributed by atoms with Gasteiger partial charge in [-0.1, -0.05) is 6.92 Å². The van der Waals surface area contributed by atoms with E-state index < -0.39 is 0 Å². The van der Waals surface area contributed by atoms with E-state index in [9.17, 15) is 0 Å². The molecule has 0 aliphatic carbocycles. The monoisotopic (exact) mass is 247 g/mol. The molecule has 1 nitrogen and oxygen atoms in total. The SMILES string of the molecule is Cc1sc(C(C)CCN)cc1Br. The summed E-state index contributed by atoms with van der Waals surface area (Å²) in [5.74, 6) is 0.602. The standard InChI is InChI=1S/C9H14BrNS/c1-6(3-4-11)9-5-8(10)7(2)12-9/h5-6H,3-4,11H2,1-2H3. The van der Waals surface area contributed by atoms with Crippen LogP contribution in [-0.2, 0) is 0 Å². The molecule has 1 rings (SSSR count). The molecule has 3 heteroatoms. The van der Waals surface area contributed by atoms with E-state index in [1.807, 2.05) is 11.3 Å². The van der Waals surface area contributed by atoms with Crippen molar-refractivity contribution in [2.75, 3.05) is 6.54 Å². The Morgan fingerprint density at radius 2 is 2.33 bits per heavy atom. The molecule has 0 fully saturated rings. The molecule has 0 aromatic carbocycles. The number of aryl methyl sites for hydroxylation is 1. The maximum atomic E-state index is 5.50. The lowest BCUT2D eigenvalue weighted by molar-refractivity contribution is 0.701. The zero-order valence-corrected chi connectivity index (χ0v) is 9.83. The predicted octanol–water partition coefficient (Wildman–Crippen LogP) is 3.27. The molecule has 1 heterocycles. The number of hydrogen-bond acceptors (Lipinski definition) is 2. The molecule has 68 valence electrons. The molecule has 0 amide bonds. The molecule has 0 saturated heterocycles. The Bertz CT molecular complexity index is 238. The highest BCUT2D eigenvalue weighted by Gasteiger charge is 2.09. The van der Waals surface area contributed by atoms with Crippen LogP contribution >= 0.6 is 27.3 Å². The Labute approximate surface area is 86.1 Å². The maximum absolute atomic E-state index is 5.50. The first-order chi connectivity index (χ1) is 5.65. The minimum Gasteiger partial charge on any atom is -0.330 e. The molecule has 0 saturated carbocycles. The Kier molecular flexibility index (Phi) is 3.75. The summed E-state index contributed by atoms with van der Waals surface area (Å²) in [6.07, 6.45) is 1.08. The van der Waals surface area contributed by atoms with Gasteiger partial charge in [0.25, 0.3) is 0 Å². The first-order valence-electron chi connectivity index (χ1n) is 4.11. The fraction of sp³-hybridized carbons (Fsp3) is 0.556. The van der Waals surface area contributed by atoms with Crippen molar-refractivity contribution in [2.45, 2.75) is 26.2 Å². The van der Waals surface area contributed by atoms with Gasteiger partial charge in [-0.3, -0.25) is 0 Å². The van der Waals surface area contributed by atoms with Crippen molar-refractivity contribution < 1.29 is 0 Å². The number of hydrogen-bond donors (Lipinski definition) is 1. The normalized spacial score (nSPS) is 13.3. The van der Waals surface area contributed by atoms with Crippen molar-refractivity contribution in [3.8, 4) is 0 Å². The van der Waals surface area contributed by atoms with Crippen LogP contribution in [0.4, 0.5) is 0 Å². The molecule has 0 bridgehead atoms. The molecular weight excluding hydrogens is 234 g/mol. The van der Waals surface area contributed by atoms with Crippen molar-refractivity contribution in [3.63, 3.8) is 0 Å². The van der Waals surface area contributed by atoms with Crippen LogP contribution in [0.25, 0.3) is 0 Å². The highest BCUT2D eigenvalue weighted by molar-refractivity contribution is 9.10. The Morgan fingerprint density at radius 3 is 2.75 bits per heavy atom. The largest absolute Gasteiger partial charge is 0.330 e. The molecule has 0 aliphatic rings. The number of rotatable bonds is 3. The summed E-state index contributed by atoms with van der Waals surface area (Å²) in [7, 11) is 0. The fourth-order valence-corrected chi connectivity index (χ4v) is 2.76. The van der Waals surface area contributed by atoms with Crippen LogP contribution in [0.5, 0.6) is 0 Å².